The summed E-state index contributed by atoms with van der Waals surface area (Å²) in [5, 5.41) is 15.1. The van der Waals surface area contributed by atoms with Gasteiger partial charge in [-0.3, -0.25) is 10.1 Å². The molecule has 1 N–H and O–H groups in total. The van der Waals surface area contributed by atoms with Gasteiger partial charge in [-0.2, -0.15) is 0 Å². The van der Waals surface area contributed by atoms with Crippen LogP contribution < -0.4 is 10.2 Å². The molecule has 0 amide bonds. The van der Waals surface area contributed by atoms with Crippen molar-refractivity contribution in [3.63, 3.8) is 0 Å². The molecular formula is C23H24ClN3O4. The van der Waals surface area contributed by atoms with Crippen LogP contribution in [0.3, 0.4) is 0 Å². The van der Waals surface area contributed by atoms with Gasteiger partial charge < -0.3 is 19.4 Å². The van der Waals surface area contributed by atoms with Gasteiger partial charge in [0.15, 0.2) is 0 Å². The average Bonchev–Trinajstić information content (AvgIpc) is 3.27. The lowest BCUT2D eigenvalue weighted by Gasteiger charge is -2.29. The van der Waals surface area contributed by atoms with Gasteiger partial charge in [-0.25, -0.2) is 0 Å². The van der Waals surface area contributed by atoms with Gasteiger partial charge in [-0.15, -0.1) is 0 Å². The standard InChI is InChI=1S/C23H24ClN3O4/c1-16(17-2-5-19(6-3-17)26-10-12-30-13-11-26)25-15-20-7-9-23(31-20)21-8-4-18(24)14-22(21)27(28)29/h2-9,14,16,25H,10-13,15H2,1H3. The number of hydrogen-bond donors (Lipinski definition) is 1. The number of ether oxygens (including phenoxy) is 1. The largest absolute Gasteiger partial charge is 0.459 e. The van der Waals surface area contributed by atoms with Crippen LogP contribution in [0.2, 0.25) is 5.02 Å². The summed E-state index contributed by atoms with van der Waals surface area (Å²) in [5.41, 5.74) is 2.72. The number of rotatable bonds is 7. The Kier molecular flexibility index (Phi) is 6.56. The van der Waals surface area contributed by atoms with E-state index in [1.54, 1.807) is 18.2 Å². The quantitative estimate of drug-likeness (QED) is 0.401. The van der Waals surface area contributed by atoms with Crippen LogP contribution in [0.1, 0.15) is 24.3 Å². The summed E-state index contributed by atoms with van der Waals surface area (Å²) in [4.78, 5) is 13.2. The SMILES string of the molecule is CC(NCc1ccc(-c2ccc(Cl)cc2[N+](=O)[O-])o1)c1ccc(N2CCOCC2)cc1. The smallest absolute Gasteiger partial charge is 0.281 e. The van der Waals surface area contributed by atoms with Crippen molar-refractivity contribution in [3.8, 4) is 11.3 Å². The van der Waals surface area contributed by atoms with E-state index in [-0.39, 0.29) is 11.7 Å². The van der Waals surface area contributed by atoms with Crippen molar-refractivity contribution in [2.45, 2.75) is 19.5 Å². The van der Waals surface area contributed by atoms with Gasteiger partial charge in [0, 0.05) is 35.9 Å². The van der Waals surface area contributed by atoms with E-state index >= 15 is 0 Å². The van der Waals surface area contributed by atoms with Gasteiger partial charge in [-0.05, 0) is 48.9 Å². The number of halogens is 1. The molecule has 1 atom stereocenters. The maximum atomic E-state index is 11.3. The van der Waals surface area contributed by atoms with Gasteiger partial charge in [0.25, 0.3) is 5.69 Å². The second-order valence-corrected chi connectivity index (χ2v) is 7.91. The number of morpholine rings is 1. The first-order valence-corrected chi connectivity index (χ1v) is 10.6. The molecule has 0 radical (unpaired) electrons. The van der Waals surface area contributed by atoms with E-state index in [1.165, 1.54) is 17.3 Å². The zero-order valence-electron chi connectivity index (χ0n) is 17.2. The second kappa shape index (κ2) is 9.51. The molecule has 31 heavy (non-hydrogen) atoms. The number of nitro groups is 1. The van der Waals surface area contributed by atoms with Crippen LogP contribution in [-0.2, 0) is 11.3 Å². The molecule has 1 saturated heterocycles. The minimum atomic E-state index is -0.454. The van der Waals surface area contributed by atoms with Crippen molar-refractivity contribution in [2.75, 3.05) is 31.2 Å². The number of benzene rings is 2. The molecule has 0 saturated carbocycles. The van der Waals surface area contributed by atoms with Gasteiger partial charge in [0.2, 0.25) is 0 Å². The highest BCUT2D eigenvalue weighted by atomic mass is 35.5. The molecular weight excluding hydrogens is 418 g/mol. The first-order chi connectivity index (χ1) is 15.0. The third-order valence-electron chi connectivity index (χ3n) is 5.44. The molecule has 1 fully saturated rings. The molecule has 1 unspecified atom stereocenters. The molecule has 2 heterocycles. The van der Waals surface area contributed by atoms with E-state index in [9.17, 15) is 10.1 Å². The van der Waals surface area contributed by atoms with Crippen LogP contribution in [0.15, 0.2) is 59.0 Å². The van der Waals surface area contributed by atoms with Gasteiger partial charge >= 0.3 is 0 Å². The summed E-state index contributed by atoms with van der Waals surface area (Å²) < 4.78 is 11.3. The van der Waals surface area contributed by atoms with Crippen molar-refractivity contribution in [2.24, 2.45) is 0 Å². The molecule has 3 aromatic rings. The fraction of sp³-hybridized carbons (Fsp3) is 0.304. The van der Waals surface area contributed by atoms with E-state index in [2.05, 4.69) is 41.4 Å². The van der Waals surface area contributed by atoms with Crippen LogP contribution in [0.4, 0.5) is 11.4 Å². The molecule has 4 rings (SSSR count). The lowest BCUT2D eigenvalue weighted by Crippen LogP contribution is -2.36. The molecule has 0 bridgehead atoms. The highest BCUT2D eigenvalue weighted by molar-refractivity contribution is 6.30. The Bertz CT molecular complexity index is 1050. The number of nitrogens with one attached hydrogen (secondary N) is 1. The van der Waals surface area contributed by atoms with Crippen LogP contribution >= 0.6 is 11.6 Å². The summed E-state index contributed by atoms with van der Waals surface area (Å²) in [6, 6.07) is 16.8. The highest BCUT2D eigenvalue weighted by Crippen LogP contribution is 2.33. The van der Waals surface area contributed by atoms with Crippen LogP contribution in [0, 0.1) is 10.1 Å². The summed E-state index contributed by atoms with van der Waals surface area (Å²) >= 11 is 5.90. The lowest BCUT2D eigenvalue weighted by atomic mass is 10.1. The molecule has 1 aliphatic rings. The molecule has 2 aromatic carbocycles. The highest BCUT2D eigenvalue weighted by Gasteiger charge is 2.19. The Morgan fingerprint density at radius 2 is 1.87 bits per heavy atom. The zero-order valence-corrected chi connectivity index (χ0v) is 18.0. The molecule has 162 valence electrons. The molecule has 0 spiro atoms. The number of nitro benzene ring substituents is 1. The number of nitrogens with zero attached hydrogens (tertiary/aromatic N) is 2. The van der Waals surface area contributed by atoms with Crippen molar-refractivity contribution in [1.82, 2.24) is 5.32 Å². The van der Waals surface area contributed by atoms with E-state index < -0.39 is 4.92 Å². The molecule has 0 aliphatic carbocycles. The van der Waals surface area contributed by atoms with Gasteiger partial charge in [0.05, 0.1) is 30.2 Å². The van der Waals surface area contributed by atoms with Crippen LogP contribution in [0.5, 0.6) is 0 Å². The third kappa shape index (κ3) is 5.07. The Labute approximate surface area is 185 Å². The summed E-state index contributed by atoms with van der Waals surface area (Å²) in [5.74, 6) is 1.15. The Morgan fingerprint density at radius 1 is 1.13 bits per heavy atom. The fourth-order valence-corrected chi connectivity index (χ4v) is 3.82. The molecule has 1 aromatic heterocycles. The summed E-state index contributed by atoms with van der Waals surface area (Å²) in [6.07, 6.45) is 0. The topological polar surface area (TPSA) is 80.8 Å². The van der Waals surface area contributed by atoms with Crippen LogP contribution in [0.25, 0.3) is 11.3 Å². The van der Waals surface area contributed by atoms with Crippen LogP contribution in [-0.4, -0.2) is 31.2 Å². The predicted molar refractivity (Wildman–Crippen MR) is 121 cm³/mol. The van der Waals surface area contributed by atoms with Crippen molar-refractivity contribution >= 4 is 23.0 Å². The number of furan rings is 1. The normalized spacial score (nSPS) is 15.1. The second-order valence-electron chi connectivity index (χ2n) is 7.48. The minimum Gasteiger partial charge on any atom is -0.459 e. The molecule has 7 nitrogen and oxygen atoms in total. The number of anilines is 1. The van der Waals surface area contributed by atoms with E-state index in [0.29, 0.717) is 28.7 Å². The first-order valence-electron chi connectivity index (χ1n) is 10.2. The van der Waals surface area contributed by atoms with Gasteiger partial charge in [-0.1, -0.05) is 23.7 Å². The maximum Gasteiger partial charge on any atom is 0.281 e. The van der Waals surface area contributed by atoms with Crippen molar-refractivity contribution in [1.29, 1.82) is 0 Å². The lowest BCUT2D eigenvalue weighted by molar-refractivity contribution is -0.384. The monoisotopic (exact) mass is 441 g/mol. The molecule has 1 aliphatic heterocycles. The number of hydrogen-bond acceptors (Lipinski definition) is 6. The first kappa shape index (κ1) is 21.4. The Balaban J connectivity index is 1.39. The average molecular weight is 442 g/mol. The Hall–Kier alpha value is -2.87. The predicted octanol–water partition coefficient (Wildman–Crippen LogP) is 5.20. The summed E-state index contributed by atoms with van der Waals surface area (Å²) in [7, 11) is 0. The van der Waals surface area contributed by atoms with E-state index in [0.717, 1.165) is 26.3 Å². The third-order valence-corrected chi connectivity index (χ3v) is 5.67. The maximum absolute atomic E-state index is 11.3. The zero-order chi connectivity index (χ0) is 21.8. The fourth-order valence-electron chi connectivity index (χ4n) is 3.65. The van der Waals surface area contributed by atoms with Gasteiger partial charge in [0.1, 0.15) is 11.5 Å². The van der Waals surface area contributed by atoms with Crippen molar-refractivity contribution < 1.29 is 14.1 Å². The Morgan fingerprint density at radius 3 is 2.58 bits per heavy atom. The van der Waals surface area contributed by atoms with E-state index in [4.69, 9.17) is 20.8 Å². The van der Waals surface area contributed by atoms with Crippen molar-refractivity contribution in [3.05, 3.63) is 81.1 Å². The summed E-state index contributed by atoms with van der Waals surface area (Å²) in [6.45, 7) is 5.97. The molecule has 8 heteroatoms. The minimum absolute atomic E-state index is 0.0740. The van der Waals surface area contributed by atoms with E-state index in [1.807, 2.05) is 6.07 Å².